The first-order valence-electron chi connectivity index (χ1n) is 8.51. The predicted octanol–water partition coefficient (Wildman–Crippen LogP) is 6.68. The van der Waals surface area contributed by atoms with Crippen LogP contribution in [-0.2, 0) is 0 Å². The Labute approximate surface area is 134 Å². The quantitative estimate of drug-likeness (QED) is 0.544. The Morgan fingerprint density at radius 1 is 0.957 bits per heavy atom. The van der Waals surface area contributed by atoms with Crippen LogP contribution in [0.4, 0.5) is 17.6 Å². The lowest BCUT2D eigenvalue weighted by Gasteiger charge is -2.31. The molecule has 0 amide bonds. The zero-order chi connectivity index (χ0) is 16.6. The van der Waals surface area contributed by atoms with Gasteiger partial charge in [0.25, 0.3) is 6.08 Å². The molecule has 3 rings (SSSR count). The summed E-state index contributed by atoms with van der Waals surface area (Å²) >= 11 is 0. The molecular weight excluding hydrogens is 304 g/mol. The van der Waals surface area contributed by atoms with Crippen molar-refractivity contribution < 1.29 is 17.6 Å². The van der Waals surface area contributed by atoms with E-state index in [0.29, 0.717) is 0 Å². The molecule has 126 valence electrons. The minimum absolute atomic E-state index is 0.0130. The number of rotatable bonds is 3. The molecule has 1 aromatic rings. The highest BCUT2D eigenvalue weighted by Gasteiger charge is 2.33. The third kappa shape index (κ3) is 3.31. The standard InChI is InChI=1S/C19H22F4/c1-2-11-3-5-12(6-4-11)13-9-16(20)18(17(21)10-13)14-7-15(8-14)19(22)23/h9-12,14H,2-8H2,1H3. The van der Waals surface area contributed by atoms with Crippen molar-refractivity contribution in [2.45, 2.75) is 63.7 Å². The molecule has 0 bridgehead atoms. The van der Waals surface area contributed by atoms with Gasteiger partial charge in [-0.3, -0.25) is 0 Å². The lowest BCUT2D eigenvalue weighted by atomic mass is 9.74. The van der Waals surface area contributed by atoms with E-state index in [1.165, 1.54) is 12.1 Å². The molecule has 0 saturated heterocycles. The highest BCUT2D eigenvalue weighted by molar-refractivity contribution is 5.36. The normalized spacial score (nSPS) is 27.7. The van der Waals surface area contributed by atoms with Crippen molar-refractivity contribution in [2.75, 3.05) is 0 Å². The van der Waals surface area contributed by atoms with Gasteiger partial charge in [-0.2, -0.15) is 8.78 Å². The van der Waals surface area contributed by atoms with E-state index in [1.54, 1.807) is 0 Å². The van der Waals surface area contributed by atoms with Gasteiger partial charge in [-0.15, -0.1) is 0 Å². The molecule has 23 heavy (non-hydrogen) atoms. The summed E-state index contributed by atoms with van der Waals surface area (Å²) in [6.07, 6.45) is 3.76. The maximum atomic E-state index is 14.4. The van der Waals surface area contributed by atoms with Gasteiger partial charge in [-0.05, 0) is 79.5 Å². The first-order chi connectivity index (χ1) is 11.0. The minimum Gasteiger partial charge on any atom is -0.207 e. The molecule has 0 spiro atoms. The average molecular weight is 326 g/mol. The van der Waals surface area contributed by atoms with Crippen LogP contribution in [-0.4, -0.2) is 0 Å². The van der Waals surface area contributed by atoms with Gasteiger partial charge in [0.15, 0.2) is 0 Å². The maximum Gasteiger partial charge on any atom is 0.269 e. The van der Waals surface area contributed by atoms with E-state index < -0.39 is 23.6 Å². The molecular formula is C19H22F4. The van der Waals surface area contributed by atoms with E-state index in [0.717, 1.165) is 43.6 Å². The average Bonchev–Trinajstić information content (AvgIpc) is 2.48. The van der Waals surface area contributed by atoms with Crippen LogP contribution in [0, 0.1) is 17.6 Å². The van der Waals surface area contributed by atoms with Crippen LogP contribution in [0.3, 0.4) is 0 Å². The van der Waals surface area contributed by atoms with E-state index in [4.69, 9.17) is 0 Å². The van der Waals surface area contributed by atoms with E-state index in [-0.39, 0.29) is 29.9 Å². The second-order valence-electron chi connectivity index (χ2n) is 6.99. The minimum atomic E-state index is -1.70. The van der Waals surface area contributed by atoms with Gasteiger partial charge in [0.2, 0.25) is 0 Å². The molecule has 2 aliphatic carbocycles. The molecule has 0 aromatic heterocycles. The van der Waals surface area contributed by atoms with Crippen LogP contribution in [0.5, 0.6) is 0 Å². The highest BCUT2D eigenvalue weighted by atomic mass is 19.3. The van der Waals surface area contributed by atoms with E-state index in [9.17, 15) is 17.6 Å². The number of allylic oxidation sites excluding steroid dienone is 1. The number of hydrogen-bond donors (Lipinski definition) is 0. The van der Waals surface area contributed by atoms with Gasteiger partial charge in [0, 0.05) is 5.56 Å². The fourth-order valence-electron chi connectivity index (χ4n) is 4.03. The van der Waals surface area contributed by atoms with Gasteiger partial charge < -0.3 is 0 Å². The smallest absolute Gasteiger partial charge is 0.207 e. The zero-order valence-corrected chi connectivity index (χ0v) is 13.3. The molecule has 0 unspecified atom stereocenters. The van der Waals surface area contributed by atoms with Crippen LogP contribution >= 0.6 is 0 Å². The predicted molar refractivity (Wildman–Crippen MR) is 82.6 cm³/mol. The van der Waals surface area contributed by atoms with E-state index in [2.05, 4.69) is 6.92 Å². The Bertz CT molecular complexity index is 577. The van der Waals surface area contributed by atoms with Crippen LogP contribution in [0.1, 0.15) is 74.8 Å². The molecule has 0 aliphatic heterocycles. The second-order valence-corrected chi connectivity index (χ2v) is 6.99. The number of benzene rings is 1. The summed E-state index contributed by atoms with van der Waals surface area (Å²) in [5.74, 6) is -0.634. The summed E-state index contributed by atoms with van der Waals surface area (Å²) in [5, 5.41) is 0. The van der Waals surface area contributed by atoms with Gasteiger partial charge in [0.1, 0.15) is 11.6 Å². The number of hydrogen-bond acceptors (Lipinski definition) is 0. The van der Waals surface area contributed by atoms with Crippen LogP contribution < -0.4 is 0 Å². The third-order valence-electron chi connectivity index (χ3n) is 5.66. The third-order valence-corrected chi connectivity index (χ3v) is 5.66. The maximum absolute atomic E-state index is 14.4. The molecule has 2 aliphatic rings. The number of halogens is 4. The van der Waals surface area contributed by atoms with Crippen molar-refractivity contribution in [1.82, 2.24) is 0 Å². The van der Waals surface area contributed by atoms with Crippen LogP contribution in [0.25, 0.3) is 0 Å². The second kappa shape index (κ2) is 6.66. The largest absolute Gasteiger partial charge is 0.269 e. The molecule has 2 fully saturated rings. The van der Waals surface area contributed by atoms with Gasteiger partial charge in [-0.25, -0.2) is 8.78 Å². The summed E-state index contributed by atoms with van der Waals surface area (Å²) < 4.78 is 53.6. The van der Waals surface area contributed by atoms with Crippen molar-refractivity contribution in [2.24, 2.45) is 5.92 Å². The fourth-order valence-corrected chi connectivity index (χ4v) is 4.03. The summed E-state index contributed by atoms with van der Waals surface area (Å²) in [6.45, 7) is 2.18. The summed E-state index contributed by atoms with van der Waals surface area (Å²) in [7, 11) is 0. The Hall–Kier alpha value is -1.32. The molecule has 2 saturated carbocycles. The molecule has 0 radical (unpaired) electrons. The van der Waals surface area contributed by atoms with Crippen molar-refractivity contribution >= 4 is 0 Å². The monoisotopic (exact) mass is 326 g/mol. The van der Waals surface area contributed by atoms with Crippen molar-refractivity contribution in [1.29, 1.82) is 0 Å². The molecule has 4 heteroatoms. The summed E-state index contributed by atoms with van der Waals surface area (Å²) in [5.41, 5.74) is 0.738. The van der Waals surface area contributed by atoms with Crippen molar-refractivity contribution in [3.63, 3.8) is 0 Å². The summed E-state index contributed by atoms with van der Waals surface area (Å²) in [6, 6.07) is 2.87. The molecule has 1 aromatic carbocycles. The van der Waals surface area contributed by atoms with Gasteiger partial charge >= 0.3 is 0 Å². The molecule has 0 atom stereocenters. The zero-order valence-electron chi connectivity index (χ0n) is 13.3. The lowest BCUT2D eigenvalue weighted by Crippen LogP contribution is -2.18. The first kappa shape index (κ1) is 16.5. The first-order valence-corrected chi connectivity index (χ1v) is 8.51. The Balaban J connectivity index is 1.75. The molecule has 0 N–H and O–H groups in total. The van der Waals surface area contributed by atoms with E-state index >= 15 is 0 Å². The fraction of sp³-hybridized carbons (Fsp3) is 0.579. The molecule has 0 nitrogen and oxygen atoms in total. The van der Waals surface area contributed by atoms with Crippen molar-refractivity contribution in [3.8, 4) is 0 Å². The van der Waals surface area contributed by atoms with E-state index in [1.807, 2.05) is 0 Å². The lowest BCUT2D eigenvalue weighted by molar-refractivity contribution is 0.317. The Kier molecular flexibility index (Phi) is 4.79. The highest BCUT2D eigenvalue weighted by Crippen LogP contribution is 2.46. The Morgan fingerprint density at radius 2 is 1.52 bits per heavy atom. The Morgan fingerprint density at radius 3 is 2.00 bits per heavy atom. The topological polar surface area (TPSA) is 0 Å². The van der Waals surface area contributed by atoms with Gasteiger partial charge in [-0.1, -0.05) is 13.3 Å². The van der Waals surface area contributed by atoms with Gasteiger partial charge in [0.05, 0.1) is 0 Å². The van der Waals surface area contributed by atoms with Crippen molar-refractivity contribution in [3.05, 3.63) is 46.5 Å². The summed E-state index contributed by atoms with van der Waals surface area (Å²) in [4.78, 5) is 0. The molecule has 0 heterocycles. The van der Waals surface area contributed by atoms with Crippen LogP contribution in [0.2, 0.25) is 0 Å². The van der Waals surface area contributed by atoms with Crippen LogP contribution in [0.15, 0.2) is 23.8 Å². The SMILES string of the molecule is CCC1CCC(c2cc(F)c(C3CC(=C(F)F)C3)c(F)c2)CC1.